The third-order valence-electron chi connectivity index (χ3n) is 3.18. The van der Waals surface area contributed by atoms with Crippen LogP contribution in [0.5, 0.6) is 0 Å². The maximum Gasteiger partial charge on any atom is 0.161 e. The van der Waals surface area contributed by atoms with Crippen molar-refractivity contribution in [3.05, 3.63) is 28.8 Å². The molecule has 1 aromatic carbocycles. The summed E-state index contributed by atoms with van der Waals surface area (Å²) in [5.74, 6) is 0.0708. The molecule has 92 valence electrons. The number of nitrogens with zero attached hydrogens (tertiary/aromatic N) is 2. The van der Waals surface area contributed by atoms with Gasteiger partial charge in [0.25, 0.3) is 0 Å². The van der Waals surface area contributed by atoms with E-state index in [1.54, 1.807) is 13.0 Å². The number of halogens is 1. The molecular weight excluding hydrogens is 236 g/mol. The van der Waals surface area contributed by atoms with Crippen LogP contribution in [-0.4, -0.2) is 43.9 Å². The van der Waals surface area contributed by atoms with Gasteiger partial charge in [-0.15, -0.1) is 0 Å². The molecule has 0 aromatic heterocycles. The largest absolute Gasteiger partial charge is 0.368 e. The topological polar surface area (TPSA) is 23.6 Å². The molecule has 1 fully saturated rings. The Hall–Kier alpha value is -1.06. The van der Waals surface area contributed by atoms with Crippen LogP contribution in [0.15, 0.2) is 18.2 Å². The Morgan fingerprint density at radius 3 is 2.47 bits per heavy atom. The molecule has 0 spiro atoms. The average Bonchev–Trinajstić information content (AvgIpc) is 2.30. The summed E-state index contributed by atoms with van der Waals surface area (Å²) in [6.45, 7) is 5.56. The monoisotopic (exact) mass is 252 g/mol. The minimum absolute atomic E-state index is 0.0708. The highest BCUT2D eigenvalue weighted by molar-refractivity contribution is 6.31. The third kappa shape index (κ3) is 2.79. The summed E-state index contributed by atoms with van der Waals surface area (Å²) in [4.78, 5) is 16.2. The summed E-state index contributed by atoms with van der Waals surface area (Å²) in [5, 5.41) is 0.619. The minimum atomic E-state index is 0.0708. The Bertz CT molecular complexity index is 425. The minimum Gasteiger partial charge on any atom is -0.368 e. The first kappa shape index (κ1) is 12.4. The van der Waals surface area contributed by atoms with Crippen LogP contribution < -0.4 is 4.90 Å². The number of Topliss-reactive ketones (excluding diaryl/α,β-unsaturated/α-hetero) is 1. The highest BCUT2D eigenvalue weighted by Crippen LogP contribution is 2.25. The number of hydrogen-bond acceptors (Lipinski definition) is 3. The number of carbonyl (C=O) groups excluding carboxylic acids is 1. The number of benzene rings is 1. The molecule has 0 N–H and O–H groups in total. The van der Waals surface area contributed by atoms with E-state index >= 15 is 0 Å². The summed E-state index contributed by atoms with van der Waals surface area (Å²) in [6.07, 6.45) is 0. The Kier molecular flexibility index (Phi) is 3.69. The maximum absolute atomic E-state index is 11.6. The van der Waals surface area contributed by atoms with Gasteiger partial charge in [-0.3, -0.25) is 4.79 Å². The van der Waals surface area contributed by atoms with Crippen LogP contribution in [0.25, 0.3) is 0 Å². The molecule has 1 saturated heterocycles. The van der Waals surface area contributed by atoms with Crippen molar-refractivity contribution in [2.45, 2.75) is 6.92 Å². The van der Waals surface area contributed by atoms with E-state index in [-0.39, 0.29) is 5.78 Å². The van der Waals surface area contributed by atoms with Crippen molar-refractivity contribution < 1.29 is 4.79 Å². The van der Waals surface area contributed by atoms with Crippen LogP contribution in [0, 0.1) is 0 Å². The fraction of sp³-hybridized carbons (Fsp3) is 0.462. The second-order valence-electron chi connectivity index (χ2n) is 4.51. The quantitative estimate of drug-likeness (QED) is 0.755. The van der Waals surface area contributed by atoms with Crippen molar-refractivity contribution in [3.63, 3.8) is 0 Å². The lowest BCUT2D eigenvalue weighted by Gasteiger charge is -2.35. The molecule has 0 aliphatic carbocycles. The van der Waals surface area contributed by atoms with Gasteiger partial charge in [0.2, 0.25) is 0 Å². The lowest BCUT2D eigenvalue weighted by atomic mass is 10.1. The van der Waals surface area contributed by atoms with Gasteiger partial charge in [0, 0.05) is 42.5 Å². The fourth-order valence-corrected chi connectivity index (χ4v) is 2.29. The van der Waals surface area contributed by atoms with Gasteiger partial charge in [0.15, 0.2) is 5.78 Å². The molecule has 1 aliphatic rings. The smallest absolute Gasteiger partial charge is 0.161 e. The first-order valence-corrected chi connectivity index (χ1v) is 6.19. The zero-order valence-electron chi connectivity index (χ0n) is 10.2. The van der Waals surface area contributed by atoms with Crippen molar-refractivity contribution in [3.8, 4) is 0 Å². The highest BCUT2D eigenvalue weighted by atomic mass is 35.5. The molecule has 2 rings (SSSR count). The van der Waals surface area contributed by atoms with E-state index in [1.165, 1.54) is 0 Å². The van der Waals surface area contributed by atoms with Crippen LogP contribution in [-0.2, 0) is 0 Å². The molecule has 17 heavy (non-hydrogen) atoms. The first-order valence-electron chi connectivity index (χ1n) is 5.82. The van der Waals surface area contributed by atoms with Crippen molar-refractivity contribution >= 4 is 23.1 Å². The van der Waals surface area contributed by atoms with E-state index in [1.807, 2.05) is 12.1 Å². The number of carbonyl (C=O) groups is 1. The number of piperazine rings is 1. The zero-order valence-corrected chi connectivity index (χ0v) is 11.0. The van der Waals surface area contributed by atoms with Crippen LogP contribution >= 0.6 is 11.6 Å². The second kappa shape index (κ2) is 5.07. The molecule has 0 saturated carbocycles. The Morgan fingerprint density at radius 2 is 1.88 bits per heavy atom. The summed E-state index contributed by atoms with van der Waals surface area (Å²) in [6, 6.07) is 5.56. The standard InChI is InChI=1S/C13H17ClN2O/c1-10(17)12-9-11(14)3-4-13(12)16-7-5-15(2)6-8-16/h3-4,9H,5-8H2,1-2H3. The van der Waals surface area contributed by atoms with Crippen molar-refractivity contribution in [1.29, 1.82) is 0 Å². The number of likely N-dealkylation sites (N-methyl/N-ethyl adjacent to an activating group) is 1. The molecule has 1 aliphatic heterocycles. The van der Waals surface area contributed by atoms with Gasteiger partial charge < -0.3 is 9.80 Å². The molecule has 1 aromatic rings. The predicted octanol–water partition coefficient (Wildman–Crippen LogP) is 2.29. The van der Waals surface area contributed by atoms with Crippen LogP contribution in [0.4, 0.5) is 5.69 Å². The lowest BCUT2D eigenvalue weighted by Crippen LogP contribution is -2.44. The zero-order chi connectivity index (χ0) is 12.4. The molecule has 0 atom stereocenters. The van der Waals surface area contributed by atoms with Gasteiger partial charge in [-0.2, -0.15) is 0 Å². The maximum atomic E-state index is 11.6. The van der Waals surface area contributed by atoms with Crippen molar-refractivity contribution in [1.82, 2.24) is 4.90 Å². The van der Waals surface area contributed by atoms with Gasteiger partial charge in [0.05, 0.1) is 0 Å². The van der Waals surface area contributed by atoms with E-state index in [2.05, 4.69) is 16.8 Å². The van der Waals surface area contributed by atoms with E-state index in [0.29, 0.717) is 5.02 Å². The Balaban J connectivity index is 2.28. The van der Waals surface area contributed by atoms with Crippen molar-refractivity contribution in [2.24, 2.45) is 0 Å². The van der Waals surface area contributed by atoms with Gasteiger partial charge in [-0.25, -0.2) is 0 Å². The first-order chi connectivity index (χ1) is 8.08. The van der Waals surface area contributed by atoms with E-state index < -0.39 is 0 Å². The van der Waals surface area contributed by atoms with Gasteiger partial charge >= 0.3 is 0 Å². The normalized spacial score (nSPS) is 17.2. The molecule has 1 heterocycles. The predicted molar refractivity (Wildman–Crippen MR) is 71.2 cm³/mol. The average molecular weight is 253 g/mol. The molecule has 0 amide bonds. The molecular formula is C13H17ClN2O. The molecule has 0 radical (unpaired) electrons. The SMILES string of the molecule is CC(=O)c1cc(Cl)ccc1N1CCN(C)CC1. The Labute approximate surface area is 107 Å². The van der Waals surface area contributed by atoms with Crippen LogP contribution in [0.3, 0.4) is 0 Å². The fourth-order valence-electron chi connectivity index (χ4n) is 2.11. The van der Waals surface area contributed by atoms with E-state index in [9.17, 15) is 4.79 Å². The number of ketones is 1. The third-order valence-corrected chi connectivity index (χ3v) is 3.42. The number of rotatable bonds is 2. The van der Waals surface area contributed by atoms with E-state index in [0.717, 1.165) is 37.4 Å². The molecule has 0 unspecified atom stereocenters. The highest BCUT2D eigenvalue weighted by Gasteiger charge is 2.18. The summed E-state index contributed by atoms with van der Waals surface area (Å²) >= 11 is 5.94. The van der Waals surface area contributed by atoms with Gasteiger partial charge in [0.1, 0.15) is 0 Å². The van der Waals surface area contributed by atoms with E-state index in [4.69, 9.17) is 11.6 Å². The second-order valence-corrected chi connectivity index (χ2v) is 4.94. The molecule has 3 nitrogen and oxygen atoms in total. The van der Waals surface area contributed by atoms with Crippen molar-refractivity contribution in [2.75, 3.05) is 38.1 Å². The summed E-state index contributed by atoms with van der Waals surface area (Å²) in [5.41, 5.74) is 1.73. The summed E-state index contributed by atoms with van der Waals surface area (Å²) < 4.78 is 0. The summed E-state index contributed by atoms with van der Waals surface area (Å²) in [7, 11) is 2.12. The van der Waals surface area contributed by atoms with Crippen LogP contribution in [0.2, 0.25) is 5.02 Å². The van der Waals surface area contributed by atoms with Gasteiger partial charge in [-0.1, -0.05) is 11.6 Å². The van der Waals surface area contributed by atoms with Crippen LogP contribution in [0.1, 0.15) is 17.3 Å². The number of anilines is 1. The number of hydrogen-bond donors (Lipinski definition) is 0. The lowest BCUT2D eigenvalue weighted by molar-refractivity contribution is 0.101. The Morgan fingerprint density at radius 1 is 1.24 bits per heavy atom. The molecule has 4 heteroatoms. The van der Waals surface area contributed by atoms with Gasteiger partial charge in [-0.05, 0) is 32.2 Å². The molecule has 0 bridgehead atoms.